The van der Waals surface area contributed by atoms with E-state index < -0.39 is 0 Å². The summed E-state index contributed by atoms with van der Waals surface area (Å²) in [5.74, 6) is 0.132. The van der Waals surface area contributed by atoms with Crippen molar-refractivity contribution in [1.82, 2.24) is 10.6 Å². The molecule has 0 aromatic carbocycles. The van der Waals surface area contributed by atoms with Gasteiger partial charge in [-0.2, -0.15) is 0 Å². The highest BCUT2D eigenvalue weighted by Crippen LogP contribution is 2.01. The van der Waals surface area contributed by atoms with Crippen LogP contribution in [0, 0.1) is 5.41 Å². The standard InChI is InChI=1S/C12H25N3O2/c1-3-11(16)14-9-7-5-4-6-8-10-15-12(13)17-2/h3-10H2,1-2H3,(H2,13,15)(H,14,16). The van der Waals surface area contributed by atoms with Crippen LogP contribution in [-0.4, -0.2) is 32.1 Å². The van der Waals surface area contributed by atoms with Gasteiger partial charge in [-0.3, -0.25) is 10.2 Å². The lowest BCUT2D eigenvalue weighted by Gasteiger charge is -2.06. The first kappa shape index (κ1) is 15.7. The highest BCUT2D eigenvalue weighted by atomic mass is 16.5. The Balaban J connectivity index is 3.08. The molecule has 0 heterocycles. The predicted molar refractivity (Wildman–Crippen MR) is 69.1 cm³/mol. The molecule has 0 aliphatic carbocycles. The van der Waals surface area contributed by atoms with Gasteiger partial charge in [-0.15, -0.1) is 0 Å². The number of rotatable bonds is 9. The fourth-order valence-corrected chi connectivity index (χ4v) is 1.41. The van der Waals surface area contributed by atoms with Crippen molar-refractivity contribution < 1.29 is 9.53 Å². The van der Waals surface area contributed by atoms with Gasteiger partial charge >= 0.3 is 0 Å². The molecule has 3 N–H and O–H groups in total. The molecular formula is C12H25N3O2. The number of ether oxygens (including phenoxy) is 1. The molecule has 0 saturated carbocycles. The number of amides is 1. The molecular weight excluding hydrogens is 218 g/mol. The molecule has 0 spiro atoms. The number of carbonyl (C=O) groups is 1. The van der Waals surface area contributed by atoms with Gasteiger partial charge in [0.15, 0.2) is 0 Å². The van der Waals surface area contributed by atoms with Crippen molar-refractivity contribution in [3.8, 4) is 0 Å². The van der Waals surface area contributed by atoms with E-state index in [2.05, 4.69) is 15.4 Å². The minimum Gasteiger partial charge on any atom is -0.469 e. The molecule has 0 rings (SSSR count). The van der Waals surface area contributed by atoms with Crippen LogP contribution in [-0.2, 0) is 9.53 Å². The maximum absolute atomic E-state index is 10.9. The van der Waals surface area contributed by atoms with Crippen LogP contribution in [0.2, 0.25) is 0 Å². The predicted octanol–water partition coefficient (Wildman–Crippen LogP) is 1.63. The lowest BCUT2D eigenvalue weighted by atomic mass is 10.1. The van der Waals surface area contributed by atoms with Gasteiger partial charge in [-0.1, -0.05) is 26.2 Å². The molecule has 0 fully saturated rings. The molecule has 0 aliphatic rings. The van der Waals surface area contributed by atoms with Crippen molar-refractivity contribution in [2.24, 2.45) is 0 Å². The maximum atomic E-state index is 10.9. The average Bonchev–Trinajstić information content (AvgIpc) is 2.35. The summed E-state index contributed by atoms with van der Waals surface area (Å²) in [7, 11) is 1.49. The SMILES string of the molecule is CCC(=O)NCCCCCCCNC(=N)OC. The molecule has 100 valence electrons. The molecule has 1 amide bonds. The summed E-state index contributed by atoms with van der Waals surface area (Å²) in [6, 6.07) is 0.132. The van der Waals surface area contributed by atoms with Crippen molar-refractivity contribution in [2.75, 3.05) is 20.2 Å². The monoisotopic (exact) mass is 243 g/mol. The quantitative estimate of drug-likeness (QED) is 0.327. The Hall–Kier alpha value is -1.26. The number of nitrogens with one attached hydrogen (secondary N) is 3. The van der Waals surface area contributed by atoms with E-state index in [4.69, 9.17) is 5.41 Å². The van der Waals surface area contributed by atoms with Crippen LogP contribution < -0.4 is 10.6 Å². The van der Waals surface area contributed by atoms with Crippen LogP contribution in [0.5, 0.6) is 0 Å². The number of hydrogen-bond donors (Lipinski definition) is 3. The molecule has 17 heavy (non-hydrogen) atoms. The van der Waals surface area contributed by atoms with E-state index in [9.17, 15) is 4.79 Å². The Kier molecular flexibility index (Phi) is 10.4. The Morgan fingerprint density at radius 2 is 1.59 bits per heavy atom. The zero-order valence-electron chi connectivity index (χ0n) is 11.0. The Morgan fingerprint density at radius 3 is 2.12 bits per heavy atom. The first-order valence-corrected chi connectivity index (χ1v) is 6.33. The molecule has 0 bridgehead atoms. The summed E-state index contributed by atoms with van der Waals surface area (Å²) in [4.78, 5) is 10.9. The number of unbranched alkanes of at least 4 members (excludes halogenated alkanes) is 4. The minimum atomic E-state index is 0.132. The second kappa shape index (κ2) is 11.2. The summed E-state index contributed by atoms with van der Waals surface area (Å²) in [6.45, 7) is 3.44. The van der Waals surface area contributed by atoms with Gasteiger partial charge in [0.25, 0.3) is 6.02 Å². The van der Waals surface area contributed by atoms with Gasteiger partial charge in [0.1, 0.15) is 0 Å². The van der Waals surface area contributed by atoms with Crippen LogP contribution in [0.1, 0.15) is 45.4 Å². The first-order chi connectivity index (χ1) is 8.20. The van der Waals surface area contributed by atoms with Gasteiger partial charge in [-0.05, 0) is 12.8 Å². The maximum Gasteiger partial charge on any atom is 0.281 e. The van der Waals surface area contributed by atoms with Crippen LogP contribution in [0.15, 0.2) is 0 Å². The van der Waals surface area contributed by atoms with E-state index in [0.29, 0.717) is 6.42 Å². The third kappa shape index (κ3) is 11.0. The van der Waals surface area contributed by atoms with E-state index in [1.807, 2.05) is 6.92 Å². The van der Waals surface area contributed by atoms with E-state index in [1.54, 1.807) is 0 Å². The van der Waals surface area contributed by atoms with Crippen molar-refractivity contribution in [3.63, 3.8) is 0 Å². The zero-order valence-corrected chi connectivity index (χ0v) is 11.0. The Bertz CT molecular complexity index is 198. The Labute approximate surface area is 104 Å². The molecule has 5 heteroatoms. The second-order valence-corrected chi connectivity index (χ2v) is 3.93. The summed E-state index contributed by atoms with van der Waals surface area (Å²) in [5.41, 5.74) is 0. The van der Waals surface area contributed by atoms with Crippen molar-refractivity contribution in [2.45, 2.75) is 45.4 Å². The Morgan fingerprint density at radius 1 is 1.06 bits per heavy atom. The smallest absolute Gasteiger partial charge is 0.281 e. The summed E-state index contributed by atoms with van der Waals surface area (Å²) in [6.07, 6.45) is 6.12. The normalized spacial score (nSPS) is 9.76. The molecule has 0 aromatic heterocycles. The van der Waals surface area contributed by atoms with E-state index in [-0.39, 0.29) is 11.9 Å². The fraction of sp³-hybridized carbons (Fsp3) is 0.833. The average molecular weight is 243 g/mol. The largest absolute Gasteiger partial charge is 0.469 e. The number of carbonyl (C=O) groups excluding carboxylic acids is 1. The molecule has 0 aliphatic heterocycles. The highest BCUT2D eigenvalue weighted by molar-refractivity contribution is 5.75. The lowest BCUT2D eigenvalue weighted by molar-refractivity contribution is -0.120. The number of hydrogen-bond acceptors (Lipinski definition) is 3. The van der Waals surface area contributed by atoms with Crippen molar-refractivity contribution >= 4 is 11.9 Å². The molecule has 5 nitrogen and oxygen atoms in total. The molecule has 0 atom stereocenters. The third-order valence-corrected chi connectivity index (χ3v) is 2.49. The molecule has 0 radical (unpaired) electrons. The van der Waals surface area contributed by atoms with Crippen LogP contribution in [0.25, 0.3) is 0 Å². The van der Waals surface area contributed by atoms with Crippen LogP contribution in [0.4, 0.5) is 0 Å². The first-order valence-electron chi connectivity index (χ1n) is 6.33. The minimum absolute atomic E-state index is 0.132. The number of methoxy groups -OCH3 is 1. The zero-order chi connectivity index (χ0) is 12.9. The molecule has 0 saturated heterocycles. The van der Waals surface area contributed by atoms with Crippen molar-refractivity contribution in [1.29, 1.82) is 5.41 Å². The van der Waals surface area contributed by atoms with Crippen molar-refractivity contribution in [3.05, 3.63) is 0 Å². The van der Waals surface area contributed by atoms with E-state index >= 15 is 0 Å². The topological polar surface area (TPSA) is 74.2 Å². The number of amidine groups is 1. The van der Waals surface area contributed by atoms with Gasteiger partial charge < -0.3 is 15.4 Å². The molecule has 0 unspecified atom stereocenters. The van der Waals surface area contributed by atoms with Gasteiger partial charge in [0.2, 0.25) is 5.91 Å². The molecule has 0 aromatic rings. The summed E-state index contributed by atoms with van der Waals surface area (Å²) >= 11 is 0. The summed E-state index contributed by atoms with van der Waals surface area (Å²) in [5, 5.41) is 12.9. The fourth-order valence-electron chi connectivity index (χ4n) is 1.41. The van der Waals surface area contributed by atoms with E-state index in [1.165, 1.54) is 13.5 Å². The van der Waals surface area contributed by atoms with Gasteiger partial charge in [0.05, 0.1) is 7.11 Å². The van der Waals surface area contributed by atoms with Crippen LogP contribution >= 0.6 is 0 Å². The van der Waals surface area contributed by atoms with Gasteiger partial charge in [0, 0.05) is 19.5 Å². The second-order valence-electron chi connectivity index (χ2n) is 3.93. The summed E-state index contributed by atoms with van der Waals surface area (Å²) < 4.78 is 4.67. The van der Waals surface area contributed by atoms with Crippen LogP contribution in [0.3, 0.4) is 0 Å². The van der Waals surface area contributed by atoms with Gasteiger partial charge in [-0.25, -0.2) is 0 Å². The lowest BCUT2D eigenvalue weighted by Crippen LogP contribution is -2.24. The van der Waals surface area contributed by atoms with E-state index in [0.717, 1.165) is 38.8 Å². The third-order valence-electron chi connectivity index (χ3n) is 2.49. The highest BCUT2D eigenvalue weighted by Gasteiger charge is 1.96.